The monoisotopic (exact) mass is 441 g/mol. The first-order valence-corrected chi connectivity index (χ1v) is 9.50. The van der Waals surface area contributed by atoms with Crippen molar-refractivity contribution in [3.63, 3.8) is 0 Å². The van der Waals surface area contributed by atoms with Crippen LogP contribution in [0.15, 0.2) is 24.0 Å². The van der Waals surface area contributed by atoms with E-state index >= 15 is 0 Å². The highest BCUT2D eigenvalue weighted by atomic mass is 35.5. The van der Waals surface area contributed by atoms with Crippen molar-refractivity contribution in [2.24, 2.45) is 7.05 Å². The fraction of sp³-hybridized carbons (Fsp3) is 0.412. The third-order valence-corrected chi connectivity index (χ3v) is 5.29. The number of rotatable bonds is 6. The number of aryl methyl sites for hydroxylation is 1. The molecule has 0 saturated heterocycles. The predicted octanol–water partition coefficient (Wildman–Crippen LogP) is 1.43. The first-order valence-electron chi connectivity index (χ1n) is 8.74. The molecule has 2 heterocycles. The second-order valence-corrected chi connectivity index (χ2v) is 7.43. The van der Waals surface area contributed by atoms with Gasteiger partial charge in [-0.2, -0.15) is 0 Å². The molecule has 1 aliphatic heterocycles. The number of halogens is 2. The van der Waals surface area contributed by atoms with Gasteiger partial charge in [0.25, 0.3) is 5.91 Å². The lowest BCUT2D eigenvalue weighted by Crippen LogP contribution is -2.66. The minimum Gasteiger partial charge on any atom is -0.495 e. The smallest absolute Gasteiger partial charge is 0.271 e. The van der Waals surface area contributed by atoms with Crippen molar-refractivity contribution in [1.29, 1.82) is 0 Å². The quantitative estimate of drug-likeness (QED) is 0.576. The molecule has 29 heavy (non-hydrogen) atoms. The second kappa shape index (κ2) is 8.15. The molecule has 2 unspecified atom stereocenters. The van der Waals surface area contributed by atoms with Gasteiger partial charge in [0.2, 0.25) is 5.95 Å². The van der Waals surface area contributed by atoms with E-state index in [2.05, 4.69) is 26.3 Å². The van der Waals surface area contributed by atoms with Gasteiger partial charge in [0.1, 0.15) is 11.3 Å². The van der Waals surface area contributed by atoms with E-state index < -0.39 is 11.8 Å². The molecule has 10 nitrogen and oxygen atoms in total. The van der Waals surface area contributed by atoms with Crippen LogP contribution in [-0.4, -0.2) is 61.7 Å². The number of nitrogens with zero attached hydrogens (tertiary/aromatic N) is 5. The van der Waals surface area contributed by atoms with E-state index in [1.807, 2.05) is 0 Å². The van der Waals surface area contributed by atoms with E-state index in [-0.39, 0.29) is 29.8 Å². The molecule has 1 aromatic heterocycles. The molecule has 3 rings (SSSR count). The van der Waals surface area contributed by atoms with Crippen LogP contribution in [-0.2, 0) is 16.6 Å². The average Bonchev–Trinajstić information content (AvgIpc) is 3.07. The Balaban J connectivity index is 2.14. The van der Waals surface area contributed by atoms with E-state index in [0.29, 0.717) is 15.6 Å². The molecule has 12 heteroatoms. The molecule has 1 amide bonds. The van der Waals surface area contributed by atoms with Crippen molar-refractivity contribution in [1.82, 2.24) is 30.6 Å². The normalized spacial score (nSPS) is 20.8. The Hall–Kier alpha value is -2.40. The van der Waals surface area contributed by atoms with E-state index in [9.17, 15) is 9.90 Å². The van der Waals surface area contributed by atoms with E-state index in [1.165, 1.54) is 9.69 Å². The molecule has 0 spiro atoms. The zero-order valence-electron chi connectivity index (χ0n) is 16.3. The van der Waals surface area contributed by atoms with Gasteiger partial charge in [-0.25, -0.2) is 10.1 Å². The number of anilines is 1. The van der Waals surface area contributed by atoms with Gasteiger partial charge in [0, 0.05) is 14.1 Å². The van der Waals surface area contributed by atoms with Crippen LogP contribution in [0, 0.1) is 0 Å². The topological polar surface area (TPSA) is 117 Å². The molecule has 1 aliphatic rings. The van der Waals surface area contributed by atoms with Gasteiger partial charge in [0.05, 0.1) is 22.2 Å². The molecule has 0 aliphatic carbocycles. The van der Waals surface area contributed by atoms with E-state index in [0.717, 1.165) is 0 Å². The standard InChI is InChI=1S/C17H21Cl2N7O3/c1-5-29-13-12(9-6-7-10(18)11(19)8-9)14(27)25(3)22-17(13,2)15(28)20-16-21-23-24-26(16)4/h6-8,15,22,28H,5H2,1-4H3,(H,20,21,24). The number of aliphatic hydroxyl groups is 1. The SMILES string of the molecule is CCOC1=C(c2ccc(Cl)c(Cl)c2)C(=O)N(C)NC1(C)C(O)Nc1nnnn1C. The summed E-state index contributed by atoms with van der Waals surface area (Å²) in [5.74, 6) is 0.139. The Morgan fingerprint density at radius 1 is 1.34 bits per heavy atom. The molecule has 156 valence electrons. The lowest BCUT2D eigenvalue weighted by molar-refractivity contribution is -0.131. The number of likely N-dealkylation sites (N-methyl/N-ethyl adjacent to an activating group) is 1. The van der Waals surface area contributed by atoms with Crippen LogP contribution < -0.4 is 10.7 Å². The van der Waals surface area contributed by atoms with E-state index in [1.54, 1.807) is 46.1 Å². The number of tetrazole rings is 1. The maximum Gasteiger partial charge on any atom is 0.271 e. The molecule has 3 N–H and O–H groups in total. The third-order valence-electron chi connectivity index (χ3n) is 4.55. The molecule has 2 aromatic rings. The number of ether oxygens (including phenoxy) is 1. The summed E-state index contributed by atoms with van der Waals surface area (Å²) in [6.07, 6.45) is -1.26. The number of aromatic nitrogens is 4. The highest BCUT2D eigenvalue weighted by molar-refractivity contribution is 6.42. The van der Waals surface area contributed by atoms with Crippen LogP contribution in [0.1, 0.15) is 19.4 Å². The molecule has 1 aromatic carbocycles. The number of carbonyl (C=O) groups is 1. The lowest BCUT2D eigenvalue weighted by atomic mass is 9.88. The van der Waals surface area contributed by atoms with Crippen LogP contribution in [0.25, 0.3) is 5.57 Å². The number of hydrogen-bond donors (Lipinski definition) is 3. The van der Waals surface area contributed by atoms with Crippen molar-refractivity contribution < 1.29 is 14.6 Å². The summed E-state index contributed by atoms with van der Waals surface area (Å²) in [6.45, 7) is 3.75. The molecule has 0 bridgehead atoms. The summed E-state index contributed by atoms with van der Waals surface area (Å²) in [7, 11) is 3.18. The summed E-state index contributed by atoms with van der Waals surface area (Å²) in [5, 5.41) is 26.9. The molecular formula is C17H21Cl2N7O3. The molecule has 0 saturated carbocycles. The van der Waals surface area contributed by atoms with Crippen molar-refractivity contribution in [2.75, 3.05) is 19.0 Å². The summed E-state index contributed by atoms with van der Waals surface area (Å²) < 4.78 is 7.23. The largest absolute Gasteiger partial charge is 0.495 e. The van der Waals surface area contributed by atoms with Crippen molar-refractivity contribution in [3.8, 4) is 0 Å². The first kappa shape index (κ1) is 21.3. The Bertz CT molecular complexity index is 964. The Morgan fingerprint density at radius 3 is 2.66 bits per heavy atom. The Morgan fingerprint density at radius 2 is 2.07 bits per heavy atom. The van der Waals surface area contributed by atoms with Crippen molar-refractivity contribution in [3.05, 3.63) is 39.6 Å². The Kier molecular flexibility index (Phi) is 5.99. The number of nitrogens with one attached hydrogen (secondary N) is 2. The second-order valence-electron chi connectivity index (χ2n) is 6.62. The third kappa shape index (κ3) is 3.88. The maximum atomic E-state index is 13.0. The number of amides is 1. The number of carbonyl (C=O) groups excluding carboxylic acids is 1. The average molecular weight is 442 g/mol. The van der Waals surface area contributed by atoms with Gasteiger partial charge in [-0.15, -0.1) is 0 Å². The zero-order valence-corrected chi connectivity index (χ0v) is 17.8. The summed E-state index contributed by atoms with van der Waals surface area (Å²) >= 11 is 12.2. The Labute approximate surface area is 177 Å². The van der Waals surface area contributed by atoms with Gasteiger partial charge in [0.15, 0.2) is 6.23 Å². The highest BCUT2D eigenvalue weighted by Gasteiger charge is 2.48. The van der Waals surface area contributed by atoms with Crippen LogP contribution in [0.2, 0.25) is 10.0 Å². The molecule has 2 atom stereocenters. The fourth-order valence-electron chi connectivity index (χ4n) is 3.05. The maximum absolute atomic E-state index is 13.0. The minimum absolute atomic E-state index is 0.243. The fourth-order valence-corrected chi connectivity index (χ4v) is 3.35. The van der Waals surface area contributed by atoms with E-state index in [4.69, 9.17) is 27.9 Å². The van der Waals surface area contributed by atoms with Crippen LogP contribution >= 0.6 is 23.2 Å². The summed E-state index contributed by atoms with van der Waals surface area (Å²) in [4.78, 5) is 13.0. The first-order chi connectivity index (χ1) is 13.7. The summed E-state index contributed by atoms with van der Waals surface area (Å²) in [5.41, 5.74) is 2.51. The van der Waals surface area contributed by atoms with Crippen LogP contribution in [0.4, 0.5) is 5.95 Å². The lowest BCUT2D eigenvalue weighted by Gasteiger charge is -2.44. The van der Waals surface area contributed by atoms with Gasteiger partial charge in [-0.3, -0.25) is 9.80 Å². The zero-order chi connectivity index (χ0) is 21.3. The van der Waals surface area contributed by atoms with Gasteiger partial charge in [-0.05, 0) is 42.0 Å². The highest BCUT2D eigenvalue weighted by Crippen LogP contribution is 2.37. The molecule has 0 fully saturated rings. The van der Waals surface area contributed by atoms with Crippen LogP contribution in [0.3, 0.4) is 0 Å². The number of benzene rings is 1. The number of hydrazine groups is 1. The summed E-state index contributed by atoms with van der Waals surface area (Å²) in [6, 6.07) is 4.86. The predicted molar refractivity (Wildman–Crippen MR) is 108 cm³/mol. The van der Waals surface area contributed by atoms with Gasteiger partial charge >= 0.3 is 0 Å². The van der Waals surface area contributed by atoms with Crippen LogP contribution in [0.5, 0.6) is 0 Å². The molecular weight excluding hydrogens is 421 g/mol. The number of aliphatic hydroxyl groups excluding tert-OH is 1. The minimum atomic E-state index is -1.26. The molecule has 0 radical (unpaired) electrons. The van der Waals surface area contributed by atoms with Crippen molar-refractivity contribution in [2.45, 2.75) is 25.6 Å². The number of hydrogen-bond acceptors (Lipinski definition) is 8. The van der Waals surface area contributed by atoms with Gasteiger partial charge in [-0.1, -0.05) is 34.4 Å². The van der Waals surface area contributed by atoms with Crippen molar-refractivity contribution >= 4 is 40.6 Å². The van der Waals surface area contributed by atoms with Gasteiger partial charge < -0.3 is 15.2 Å².